The lowest BCUT2D eigenvalue weighted by Crippen LogP contribution is -2.17. The fourth-order valence-electron chi connectivity index (χ4n) is 0.375. The number of rotatable bonds is 3. The summed E-state index contributed by atoms with van der Waals surface area (Å²) < 4.78 is 8.69. The van der Waals surface area contributed by atoms with Gasteiger partial charge in [0.15, 0.2) is 0 Å². The van der Waals surface area contributed by atoms with Gasteiger partial charge in [0.2, 0.25) is 0 Å². The molecule has 0 amide bonds. The third kappa shape index (κ3) is 24.6. The molecule has 88 valence electrons. The molecule has 0 aliphatic carbocycles. The summed E-state index contributed by atoms with van der Waals surface area (Å²) in [6.45, 7) is 1.42. The van der Waals surface area contributed by atoms with Crippen LogP contribution in [0.2, 0.25) is 0 Å². The van der Waals surface area contributed by atoms with Gasteiger partial charge in [-0.2, -0.15) is 0 Å². The van der Waals surface area contributed by atoms with E-state index in [9.17, 15) is 9.59 Å². The molecule has 0 fully saturated rings. The number of carbonyl (C=O) groups excluding carboxylic acids is 2. The maximum Gasteiger partial charge on any atom is 0.404 e. The van der Waals surface area contributed by atoms with Gasteiger partial charge in [0.1, 0.15) is 12.7 Å². The molecule has 0 rings (SSSR count). The van der Waals surface area contributed by atoms with Crippen molar-refractivity contribution < 1.29 is 29.0 Å². The molecule has 1 N–H and O–H groups in total. The monoisotopic (exact) mass is 280 g/mol. The van der Waals surface area contributed by atoms with Crippen LogP contribution in [0.15, 0.2) is 0 Å². The van der Waals surface area contributed by atoms with Crippen molar-refractivity contribution in [3.05, 3.63) is 0 Å². The Balaban J connectivity index is 0. The van der Waals surface area contributed by atoms with Crippen LogP contribution in [0.5, 0.6) is 0 Å². The summed E-state index contributed by atoms with van der Waals surface area (Å²) in [6.07, 6.45) is -0.581. The summed E-state index contributed by atoms with van der Waals surface area (Å²) in [7, 11) is 0. The Hall–Kier alpha value is -0.720. The van der Waals surface area contributed by atoms with E-state index >= 15 is 0 Å². The first kappa shape index (κ1) is 16.7. The van der Waals surface area contributed by atoms with Gasteiger partial charge in [0.25, 0.3) is 0 Å². The normalized spacial score (nSPS) is 10.4. The molecule has 0 aromatic rings. The summed E-state index contributed by atoms with van der Waals surface area (Å²) in [5.74, 6) is 0. The molecular formula is C6H7Cl3O6. The van der Waals surface area contributed by atoms with Crippen molar-refractivity contribution in [2.24, 2.45) is 0 Å². The zero-order chi connectivity index (χ0) is 12.4. The minimum absolute atomic E-state index is 0.0964. The van der Waals surface area contributed by atoms with Gasteiger partial charge in [-0.3, -0.25) is 0 Å². The lowest BCUT2D eigenvalue weighted by atomic mass is 10.4. The molecule has 0 aromatic carbocycles. The average molecular weight is 281 g/mol. The maximum absolute atomic E-state index is 10.1. The highest BCUT2D eigenvalue weighted by molar-refractivity contribution is 6.61. The Bertz CT molecular complexity index is 227. The summed E-state index contributed by atoms with van der Waals surface area (Å²) in [5.41, 5.74) is -3.24. The van der Waals surface area contributed by atoms with Gasteiger partial charge in [0.05, 0.1) is 0 Å². The summed E-state index contributed by atoms with van der Waals surface area (Å²) in [4.78, 5) is 28.8. The third-order valence-electron chi connectivity index (χ3n) is 0.725. The van der Waals surface area contributed by atoms with Crippen LogP contribution in [-0.4, -0.2) is 34.1 Å². The van der Waals surface area contributed by atoms with Crippen LogP contribution in [-0.2, 0) is 9.47 Å². The van der Waals surface area contributed by atoms with E-state index in [2.05, 4.69) is 21.1 Å². The number of hydrogen-bond acceptors (Lipinski definition) is 5. The summed E-state index contributed by atoms with van der Waals surface area (Å²) >= 11 is 13.9. The zero-order valence-corrected chi connectivity index (χ0v) is 9.67. The van der Waals surface area contributed by atoms with E-state index in [-0.39, 0.29) is 6.61 Å². The van der Waals surface area contributed by atoms with Gasteiger partial charge in [-0.05, 0) is 6.92 Å². The Kier molecular flexibility index (Phi) is 10.9. The van der Waals surface area contributed by atoms with Crippen LogP contribution in [0.3, 0.4) is 0 Å². The van der Waals surface area contributed by atoms with Crippen molar-refractivity contribution in [3.8, 4) is 0 Å². The van der Waals surface area contributed by atoms with Crippen LogP contribution in [0.25, 0.3) is 0 Å². The molecule has 0 bridgehead atoms. The predicted octanol–water partition coefficient (Wildman–Crippen LogP) is 3.03. The fourth-order valence-corrected chi connectivity index (χ4v) is 0.590. The minimum atomic E-state index is -1.36. The van der Waals surface area contributed by atoms with Crippen molar-refractivity contribution in [1.82, 2.24) is 0 Å². The highest BCUT2D eigenvalue weighted by Crippen LogP contribution is 1.98. The van der Waals surface area contributed by atoms with Crippen LogP contribution in [0.1, 0.15) is 6.92 Å². The van der Waals surface area contributed by atoms with E-state index in [1.165, 1.54) is 6.92 Å². The smallest absolute Gasteiger partial charge is 0.404 e. The molecule has 0 saturated heterocycles. The maximum atomic E-state index is 10.1. The van der Waals surface area contributed by atoms with E-state index in [1.54, 1.807) is 0 Å². The average Bonchev–Trinajstić information content (AvgIpc) is 1.98. The second-order valence-electron chi connectivity index (χ2n) is 1.97. The molecule has 15 heavy (non-hydrogen) atoms. The van der Waals surface area contributed by atoms with Crippen molar-refractivity contribution in [3.63, 3.8) is 0 Å². The largest absolute Gasteiger partial charge is 0.469 e. The molecule has 0 aliphatic heterocycles. The van der Waals surface area contributed by atoms with Gasteiger partial charge in [-0.25, -0.2) is 14.4 Å². The molecule has 0 aliphatic rings. The van der Waals surface area contributed by atoms with Gasteiger partial charge >= 0.3 is 16.3 Å². The number of hydrogen-bond donors (Lipinski definition) is 1. The molecule has 0 heterocycles. The third-order valence-corrected chi connectivity index (χ3v) is 0.924. The van der Waals surface area contributed by atoms with Crippen LogP contribution in [0, 0.1) is 0 Å². The summed E-state index contributed by atoms with van der Waals surface area (Å²) in [6, 6.07) is 0. The van der Waals surface area contributed by atoms with Gasteiger partial charge in [-0.15, -0.1) is 0 Å². The lowest BCUT2D eigenvalue weighted by Gasteiger charge is -2.08. The van der Waals surface area contributed by atoms with Gasteiger partial charge in [-0.1, -0.05) is 0 Å². The fraction of sp³-hybridized carbons (Fsp3) is 0.500. The molecule has 1 unspecified atom stereocenters. The first-order valence-electron chi connectivity index (χ1n) is 3.32. The van der Waals surface area contributed by atoms with E-state index in [4.69, 9.17) is 33.1 Å². The molecular weight excluding hydrogens is 274 g/mol. The molecule has 6 nitrogen and oxygen atoms in total. The minimum Gasteiger partial charge on any atom is -0.469 e. The Morgan fingerprint density at radius 2 is 1.60 bits per heavy atom. The topological polar surface area (TPSA) is 89.9 Å². The van der Waals surface area contributed by atoms with Gasteiger partial charge < -0.3 is 14.6 Å². The molecule has 0 radical (unpaired) electrons. The molecule has 0 spiro atoms. The van der Waals surface area contributed by atoms with Crippen molar-refractivity contribution in [1.29, 1.82) is 0 Å². The van der Waals surface area contributed by atoms with Crippen molar-refractivity contribution >= 4 is 51.1 Å². The molecule has 1 atom stereocenters. The molecule has 9 heteroatoms. The predicted molar refractivity (Wildman–Crippen MR) is 52.9 cm³/mol. The number of halogens is 3. The Labute approximate surface area is 100.0 Å². The summed E-state index contributed by atoms with van der Waals surface area (Å²) in [5, 5.41) is 7.18. The quantitative estimate of drug-likeness (QED) is 0.800. The molecule has 0 aromatic heterocycles. The zero-order valence-electron chi connectivity index (χ0n) is 7.41. The Morgan fingerprint density at radius 1 is 1.20 bits per heavy atom. The van der Waals surface area contributed by atoms with E-state index < -0.39 is 22.4 Å². The second kappa shape index (κ2) is 9.82. The first-order chi connectivity index (χ1) is 6.75. The van der Waals surface area contributed by atoms with Crippen LogP contribution in [0.4, 0.5) is 14.4 Å². The number of carbonyl (C=O) groups is 3. The van der Waals surface area contributed by atoms with E-state index in [1.807, 2.05) is 0 Å². The molecule has 0 saturated carbocycles. The Morgan fingerprint density at radius 3 is 1.87 bits per heavy atom. The number of carboxylic acid groups (broad SMARTS) is 1. The highest BCUT2D eigenvalue weighted by atomic mass is 35.5. The van der Waals surface area contributed by atoms with Crippen LogP contribution >= 0.6 is 34.8 Å². The van der Waals surface area contributed by atoms with Crippen LogP contribution < -0.4 is 0 Å². The SMILES string of the molecule is CC(COC(=O)Cl)OC(=O)Cl.O=C(O)Cl. The second-order valence-corrected chi connectivity index (χ2v) is 2.91. The lowest BCUT2D eigenvalue weighted by molar-refractivity contribution is 0.0749. The van der Waals surface area contributed by atoms with Gasteiger partial charge in [0, 0.05) is 34.8 Å². The number of ether oxygens (including phenoxy) is 2. The van der Waals surface area contributed by atoms with E-state index in [0.717, 1.165) is 0 Å². The van der Waals surface area contributed by atoms with Crippen molar-refractivity contribution in [2.75, 3.05) is 6.61 Å². The van der Waals surface area contributed by atoms with Crippen molar-refractivity contribution in [2.45, 2.75) is 13.0 Å². The first-order valence-corrected chi connectivity index (χ1v) is 4.46. The van der Waals surface area contributed by atoms with E-state index in [0.29, 0.717) is 0 Å². The standard InChI is InChI=1S/C5H6Cl2O4.CHClO2/c1-3(11-5(7)9)2-10-4(6)8;2-1(3)4/h3H,2H2,1H3;(H,3,4). The highest BCUT2D eigenvalue weighted by Gasteiger charge is 2.08.